The summed E-state index contributed by atoms with van der Waals surface area (Å²) in [5.74, 6) is -2.81. The van der Waals surface area contributed by atoms with Crippen molar-refractivity contribution < 1.29 is 36.7 Å². The molecule has 4 rings (SSSR count). The fraction of sp³-hybridized carbons (Fsp3) is 0.179. The average molecular weight is 594 g/mol. The molecule has 1 heterocycles. The number of carbonyl (C=O) groups excluding carboxylic acids is 1. The van der Waals surface area contributed by atoms with Crippen LogP contribution in [0.1, 0.15) is 22.3 Å². The zero-order chi connectivity index (χ0) is 29.2. The van der Waals surface area contributed by atoms with E-state index in [9.17, 15) is 31.9 Å². The van der Waals surface area contributed by atoms with E-state index in [1.165, 1.54) is 17.8 Å². The fourth-order valence-electron chi connectivity index (χ4n) is 4.15. The van der Waals surface area contributed by atoms with E-state index >= 15 is 0 Å². The predicted octanol–water partition coefficient (Wildman–Crippen LogP) is 7.08. The molecule has 6 nitrogen and oxygen atoms in total. The van der Waals surface area contributed by atoms with Gasteiger partial charge in [-0.2, -0.15) is 13.2 Å². The van der Waals surface area contributed by atoms with Crippen molar-refractivity contribution in [3.05, 3.63) is 98.1 Å². The number of aliphatic carboxylic acids is 1. The van der Waals surface area contributed by atoms with Crippen molar-refractivity contribution in [1.29, 1.82) is 0 Å². The molecule has 0 atom stereocenters. The first-order valence-corrected chi connectivity index (χ1v) is 13.2. The number of fused-ring (bicyclic) bond motifs is 1. The molecule has 2 N–H and O–H groups in total. The van der Waals surface area contributed by atoms with Crippen molar-refractivity contribution in [1.82, 2.24) is 0 Å². The van der Waals surface area contributed by atoms with E-state index in [1.54, 1.807) is 37.3 Å². The second-order valence-electron chi connectivity index (χ2n) is 8.84. The third-order valence-corrected chi connectivity index (χ3v) is 7.29. The molecule has 0 fully saturated rings. The van der Waals surface area contributed by atoms with Gasteiger partial charge in [0.15, 0.2) is 0 Å². The van der Waals surface area contributed by atoms with Gasteiger partial charge in [-0.1, -0.05) is 35.9 Å². The Bertz CT molecular complexity index is 1690. The van der Waals surface area contributed by atoms with E-state index < -0.39 is 47.2 Å². The lowest BCUT2D eigenvalue weighted by Gasteiger charge is -2.16. The summed E-state index contributed by atoms with van der Waals surface area (Å²) in [5.41, 5.74) is -0.676. The molecule has 1 aromatic heterocycles. The van der Waals surface area contributed by atoms with Crippen molar-refractivity contribution in [2.45, 2.75) is 25.3 Å². The Hall–Kier alpha value is -3.83. The number of hydrogen-bond acceptors (Lipinski definition) is 5. The maximum atomic E-state index is 13.5. The van der Waals surface area contributed by atoms with Crippen LogP contribution in [0.15, 0.2) is 63.8 Å². The van der Waals surface area contributed by atoms with Gasteiger partial charge in [0, 0.05) is 27.8 Å². The highest BCUT2D eigenvalue weighted by Gasteiger charge is 2.34. The van der Waals surface area contributed by atoms with Crippen LogP contribution in [0.5, 0.6) is 0 Å². The number of hydrogen-bond donors (Lipinski definition) is 2. The summed E-state index contributed by atoms with van der Waals surface area (Å²) >= 11 is 7.40. The first kappa shape index (κ1) is 29.2. The minimum absolute atomic E-state index is 0.113. The van der Waals surface area contributed by atoms with E-state index in [0.29, 0.717) is 32.9 Å². The third kappa shape index (κ3) is 6.65. The third-order valence-electron chi connectivity index (χ3n) is 5.89. The maximum Gasteiger partial charge on any atom is 0.418 e. The molecule has 12 heteroatoms. The second kappa shape index (κ2) is 11.7. The number of anilines is 1. The van der Waals surface area contributed by atoms with Crippen LogP contribution in [-0.4, -0.2) is 22.7 Å². The zero-order valence-electron chi connectivity index (χ0n) is 20.7. The molecular weight excluding hydrogens is 574 g/mol. The number of amides is 1. The van der Waals surface area contributed by atoms with Crippen LogP contribution < -0.4 is 10.9 Å². The number of benzene rings is 3. The Morgan fingerprint density at radius 3 is 2.55 bits per heavy atom. The summed E-state index contributed by atoms with van der Waals surface area (Å²) in [6.45, 7) is 1.73. The number of carbonyl (C=O) groups is 2. The summed E-state index contributed by atoms with van der Waals surface area (Å²) < 4.78 is 59.3. The Morgan fingerprint density at radius 1 is 1.10 bits per heavy atom. The number of aryl methyl sites for hydroxylation is 1. The largest absolute Gasteiger partial charge is 0.481 e. The van der Waals surface area contributed by atoms with E-state index in [0.717, 1.165) is 17.7 Å². The first-order chi connectivity index (χ1) is 18.8. The quantitative estimate of drug-likeness (QED) is 0.167. The van der Waals surface area contributed by atoms with Crippen LogP contribution in [0.3, 0.4) is 0 Å². The number of rotatable bonds is 8. The highest BCUT2D eigenvalue weighted by atomic mass is 35.5. The monoisotopic (exact) mass is 593 g/mol. The minimum Gasteiger partial charge on any atom is -0.481 e. The summed E-state index contributed by atoms with van der Waals surface area (Å²) in [5, 5.41) is 11.8. The molecular formula is C28H20ClF4NO5S. The van der Waals surface area contributed by atoms with Crippen LogP contribution in [0.4, 0.5) is 23.2 Å². The van der Waals surface area contributed by atoms with Crippen molar-refractivity contribution in [3.8, 4) is 11.1 Å². The predicted molar refractivity (Wildman–Crippen MR) is 145 cm³/mol. The Labute approximate surface area is 234 Å². The SMILES string of the molecule is Cc1cc2c(-c3cccc(CSCC(=O)O)c3)c(CC(=O)Nc3ccc(F)cc3C(F)(F)F)c(=O)oc2cc1Cl. The van der Waals surface area contributed by atoms with E-state index in [4.69, 9.17) is 21.1 Å². The lowest BCUT2D eigenvalue weighted by molar-refractivity contribution is -0.137. The topological polar surface area (TPSA) is 96.6 Å². The summed E-state index contributed by atoms with van der Waals surface area (Å²) in [6, 6.07) is 11.9. The lowest BCUT2D eigenvalue weighted by atomic mass is 9.93. The van der Waals surface area contributed by atoms with Gasteiger partial charge < -0.3 is 14.8 Å². The van der Waals surface area contributed by atoms with Crippen LogP contribution in [0.25, 0.3) is 22.1 Å². The van der Waals surface area contributed by atoms with Crippen molar-refractivity contribution >= 4 is 51.9 Å². The number of carboxylic acids is 1. The van der Waals surface area contributed by atoms with Crippen molar-refractivity contribution in [3.63, 3.8) is 0 Å². The molecule has 0 bridgehead atoms. The van der Waals surface area contributed by atoms with Gasteiger partial charge in [-0.3, -0.25) is 9.59 Å². The van der Waals surface area contributed by atoms with Crippen molar-refractivity contribution in [2.75, 3.05) is 11.1 Å². The standard InChI is InChI=1S/C28H20ClF4NO5S/c1-14-7-18-23(11-21(14)29)39-27(38)19(26(18)16-4-2-3-15(8-16)12-40-13-25(36)37)10-24(35)34-22-6-5-17(30)9-20(22)28(31,32)33/h2-9,11H,10,12-13H2,1H3,(H,34,35)(H,36,37). The number of nitrogens with one attached hydrogen (secondary N) is 1. The fourth-order valence-corrected chi connectivity index (χ4v) is 4.99. The van der Waals surface area contributed by atoms with E-state index in [2.05, 4.69) is 5.32 Å². The Kier molecular flexibility index (Phi) is 8.55. The molecule has 1 amide bonds. The molecule has 0 saturated heterocycles. The number of halogens is 5. The Morgan fingerprint density at radius 2 is 1.85 bits per heavy atom. The minimum atomic E-state index is -4.94. The lowest BCUT2D eigenvalue weighted by Crippen LogP contribution is -2.22. The van der Waals surface area contributed by atoms with Gasteiger partial charge in [0.2, 0.25) is 5.91 Å². The maximum absolute atomic E-state index is 13.5. The van der Waals surface area contributed by atoms with Gasteiger partial charge in [-0.15, -0.1) is 11.8 Å². The van der Waals surface area contributed by atoms with Gasteiger partial charge in [0.05, 0.1) is 29.0 Å². The van der Waals surface area contributed by atoms with Crippen LogP contribution in [-0.2, 0) is 27.9 Å². The van der Waals surface area contributed by atoms with Gasteiger partial charge in [0.25, 0.3) is 0 Å². The van der Waals surface area contributed by atoms with Gasteiger partial charge >= 0.3 is 17.8 Å². The zero-order valence-corrected chi connectivity index (χ0v) is 22.3. The summed E-state index contributed by atoms with van der Waals surface area (Å²) in [7, 11) is 0. The van der Waals surface area contributed by atoms with Crippen molar-refractivity contribution in [2.24, 2.45) is 0 Å². The molecule has 0 aliphatic heterocycles. The second-order valence-corrected chi connectivity index (χ2v) is 10.2. The molecule has 0 unspecified atom stereocenters. The highest BCUT2D eigenvalue weighted by molar-refractivity contribution is 7.99. The van der Waals surface area contributed by atoms with Gasteiger partial charge in [0.1, 0.15) is 11.4 Å². The molecule has 0 aliphatic rings. The van der Waals surface area contributed by atoms with Crippen LogP contribution in [0.2, 0.25) is 5.02 Å². The van der Waals surface area contributed by atoms with E-state index in [-0.39, 0.29) is 23.0 Å². The molecule has 40 heavy (non-hydrogen) atoms. The van der Waals surface area contributed by atoms with Crippen LogP contribution >= 0.6 is 23.4 Å². The molecule has 208 valence electrons. The summed E-state index contributed by atoms with van der Waals surface area (Å²) in [4.78, 5) is 37.0. The number of carboxylic acid groups (broad SMARTS) is 1. The molecule has 0 spiro atoms. The molecule has 4 aromatic rings. The van der Waals surface area contributed by atoms with E-state index in [1.807, 2.05) is 0 Å². The number of thioether (sulfide) groups is 1. The Balaban J connectivity index is 1.80. The molecule has 0 aliphatic carbocycles. The smallest absolute Gasteiger partial charge is 0.418 e. The normalized spacial score (nSPS) is 11.6. The summed E-state index contributed by atoms with van der Waals surface area (Å²) in [6.07, 6.45) is -5.59. The van der Waals surface area contributed by atoms with Crippen LogP contribution in [0, 0.1) is 12.7 Å². The molecule has 3 aromatic carbocycles. The van der Waals surface area contributed by atoms with Gasteiger partial charge in [-0.05, 0) is 47.9 Å². The number of alkyl halides is 3. The first-order valence-electron chi connectivity index (χ1n) is 11.6. The van der Waals surface area contributed by atoms with Gasteiger partial charge in [-0.25, -0.2) is 9.18 Å². The molecule has 0 saturated carbocycles. The average Bonchev–Trinajstić information content (AvgIpc) is 2.86. The molecule has 0 radical (unpaired) electrons. The highest BCUT2D eigenvalue weighted by Crippen LogP contribution is 2.37.